The van der Waals surface area contributed by atoms with Gasteiger partial charge in [0.15, 0.2) is 22.9 Å². The summed E-state index contributed by atoms with van der Waals surface area (Å²) in [6, 6.07) is 12.4. The fourth-order valence-electron chi connectivity index (χ4n) is 3.79. The molecule has 0 aliphatic heterocycles. The van der Waals surface area contributed by atoms with Crippen molar-refractivity contribution in [2.24, 2.45) is 4.99 Å². The molecule has 2 aromatic heterocycles. The fraction of sp³-hybridized carbons (Fsp3) is 0.172. The number of aliphatic imine (C=N–C) groups is 1. The highest BCUT2D eigenvalue weighted by molar-refractivity contribution is 6.04. The number of rotatable bonds is 11. The zero-order chi connectivity index (χ0) is 28.6. The minimum Gasteiger partial charge on any atom is -0.493 e. The Morgan fingerprint density at radius 3 is 2.42 bits per heavy atom. The molecule has 1 N–H and O–H groups in total. The monoisotopic (exact) mass is 545 g/mol. The predicted molar refractivity (Wildman–Crippen MR) is 150 cm³/mol. The Hall–Kier alpha value is -5.19. The molecule has 0 spiro atoms. The maximum absolute atomic E-state index is 13.3. The lowest BCUT2D eigenvalue weighted by molar-refractivity contribution is 0.101. The fourth-order valence-corrected chi connectivity index (χ4v) is 3.79. The van der Waals surface area contributed by atoms with Gasteiger partial charge in [-0.1, -0.05) is 0 Å². The number of pyridine rings is 1. The van der Waals surface area contributed by atoms with Gasteiger partial charge in [0.1, 0.15) is 23.1 Å². The van der Waals surface area contributed by atoms with Gasteiger partial charge < -0.3 is 24.3 Å². The SMILES string of the molecule is C=Nc1cc(OC)c(OC)cc1/C(=C\C)Oc1ccc(NC(=O)c2nn(-c3ccc(F)cc3)cc2OCC)nc1. The van der Waals surface area contributed by atoms with Crippen molar-refractivity contribution in [2.45, 2.75) is 13.8 Å². The number of benzene rings is 2. The summed E-state index contributed by atoms with van der Waals surface area (Å²) in [6.07, 6.45) is 4.81. The highest BCUT2D eigenvalue weighted by Gasteiger charge is 2.20. The second-order valence-corrected chi connectivity index (χ2v) is 8.17. The van der Waals surface area contributed by atoms with Crippen molar-refractivity contribution < 1.29 is 28.1 Å². The zero-order valence-electron chi connectivity index (χ0n) is 22.5. The second-order valence-electron chi connectivity index (χ2n) is 8.17. The molecule has 40 heavy (non-hydrogen) atoms. The number of hydrogen-bond donors (Lipinski definition) is 1. The number of amides is 1. The normalized spacial score (nSPS) is 11.1. The summed E-state index contributed by atoms with van der Waals surface area (Å²) < 4.78 is 37.2. The van der Waals surface area contributed by atoms with Crippen LogP contribution in [0.5, 0.6) is 23.0 Å². The van der Waals surface area contributed by atoms with Crippen LogP contribution in [0.3, 0.4) is 0 Å². The molecule has 0 aliphatic carbocycles. The van der Waals surface area contributed by atoms with E-state index in [4.69, 9.17) is 18.9 Å². The van der Waals surface area contributed by atoms with E-state index in [-0.39, 0.29) is 23.1 Å². The van der Waals surface area contributed by atoms with E-state index in [1.54, 1.807) is 62.7 Å². The minimum absolute atomic E-state index is 0.0578. The number of allylic oxidation sites excluding steroid dienone is 1. The average molecular weight is 546 g/mol. The summed E-state index contributed by atoms with van der Waals surface area (Å²) in [5, 5.41) is 7.05. The predicted octanol–water partition coefficient (Wildman–Crippen LogP) is 5.85. The Morgan fingerprint density at radius 1 is 1.10 bits per heavy atom. The van der Waals surface area contributed by atoms with Crippen molar-refractivity contribution >= 4 is 29.9 Å². The molecule has 0 fully saturated rings. The van der Waals surface area contributed by atoms with Crippen LogP contribution in [0.25, 0.3) is 11.4 Å². The molecule has 0 atom stereocenters. The van der Waals surface area contributed by atoms with Crippen molar-refractivity contribution in [1.29, 1.82) is 0 Å². The number of carbonyl (C=O) groups excluding carboxylic acids is 1. The van der Waals surface area contributed by atoms with E-state index in [0.29, 0.717) is 46.6 Å². The Kier molecular flexibility index (Phi) is 8.75. The third kappa shape index (κ3) is 6.09. The van der Waals surface area contributed by atoms with Crippen molar-refractivity contribution in [3.63, 3.8) is 0 Å². The van der Waals surface area contributed by atoms with Crippen LogP contribution in [0.4, 0.5) is 15.9 Å². The second kappa shape index (κ2) is 12.6. The standard InChI is InChI=1S/C29H28FN5O5/c1-6-23(21-14-24(37-4)25(38-5)15-22(21)31-3)40-20-12-13-27(32-16-20)33-29(36)28-26(39-7-2)17-35(34-28)19-10-8-18(30)9-11-19/h6,8-17H,3,7H2,1-2,4-5H3,(H,32,33,36)/b23-6+. The van der Waals surface area contributed by atoms with Gasteiger partial charge in [-0.3, -0.25) is 9.79 Å². The van der Waals surface area contributed by atoms with Crippen LogP contribution in [-0.2, 0) is 0 Å². The van der Waals surface area contributed by atoms with Gasteiger partial charge in [-0.25, -0.2) is 14.1 Å². The molecule has 4 aromatic rings. The highest BCUT2D eigenvalue weighted by atomic mass is 19.1. The smallest absolute Gasteiger partial charge is 0.281 e. The van der Waals surface area contributed by atoms with Crippen LogP contribution in [0.2, 0.25) is 0 Å². The van der Waals surface area contributed by atoms with E-state index in [9.17, 15) is 9.18 Å². The number of anilines is 1. The van der Waals surface area contributed by atoms with Gasteiger partial charge in [0.2, 0.25) is 0 Å². The quantitative estimate of drug-likeness (QED) is 0.186. The van der Waals surface area contributed by atoms with E-state index in [2.05, 4.69) is 27.1 Å². The molecule has 4 rings (SSSR count). The van der Waals surface area contributed by atoms with Crippen LogP contribution in [0.1, 0.15) is 29.9 Å². The Bertz CT molecular complexity index is 1530. The summed E-state index contributed by atoms with van der Waals surface area (Å²) in [6.45, 7) is 7.59. The van der Waals surface area contributed by atoms with Gasteiger partial charge in [-0.05, 0) is 69.1 Å². The molecule has 0 bridgehead atoms. The Morgan fingerprint density at radius 2 is 1.82 bits per heavy atom. The topological polar surface area (TPSA) is 109 Å². The molecular weight excluding hydrogens is 517 g/mol. The largest absolute Gasteiger partial charge is 0.493 e. The van der Waals surface area contributed by atoms with Gasteiger partial charge in [-0.2, -0.15) is 5.10 Å². The molecule has 1 amide bonds. The van der Waals surface area contributed by atoms with Crippen LogP contribution < -0.4 is 24.3 Å². The van der Waals surface area contributed by atoms with Crippen LogP contribution in [0, 0.1) is 5.82 Å². The number of nitrogens with one attached hydrogen (secondary N) is 1. The summed E-state index contributed by atoms with van der Waals surface area (Å²) >= 11 is 0. The van der Waals surface area contributed by atoms with Gasteiger partial charge >= 0.3 is 0 Å². The van der Waals surface area contributed by atoms with Gasteiger partial charge in [0, 0.05) is 11.6 Å². The first kappa shape index (κ1) is 27.8. The van der Waals surface area contributed by atoms with Crippen molar-refractivity contribution in [1.82, 2.24) is 14.8 Å². The minimum atomic E-state index is -0.522. The molecule has 0 aliphatic rings. The van der Waals surface area contributed by atoms with Crippen molar-refractivity contribution in [3.05, 3.63) is 84.1 Å². The van der Waals surface area contributed by atoms with Crippen molar-refractivity contribution in [3.8, 4) is 28.7 Å². The number of carbonyl (C=O) groups is 1. The molecule has 11 heteroatoms. The van der Waals surface area contributed by atoms with E-state index < -0.39 is 5.91 Å². The molecule has 2 heterocycles. The third-order valence-corrected chi connectivity index (χ3v) is 5.69. The van der Waals surface area contributed by atoms with E-state index in [0.717, 1.165) is 0 Å². The molecule has 2 aromatic carbocycles. The van der Waals surface area contributed by atoms with Crippen LogP contribution in [0.15, 0.2) is 72.0 Å². The molecule has 0 saturated carbocycles. The summed E-state index contributed by atoms with van der Waals surface area (Å²) in [4.78, 5) is 21.4. The lowest BCUT2D eigenvalue weighted by Crippen LogP contribution is -2.15. The van der Waals surface area contributed by atoms with Gasteiger partial charge in [0.25, 0.3) is 5.91 Å². The number of hydrogen-bond acceptors (Lipinski definition) is 8. The first-order valence-electron chi connectivity index (χ1n) is 12.2. The summed E-state index contributed by atoms with van der Waals surface area (Å²) in [7, 11) is 3.08. The molecular formula is C29H28FN5O5. The summed E-state index contributed by atoms with van der Waals surface area (Å²) in [5.41, 5.74) is 1.83. The number of nitrogens with zero attached hydrogens (tertiary/aromatic N) is 4. The first-order valence-corrected chi connectivity index (χ1v) is 12.2. The van der Waals surface area contributed by atoms with E-state index >= 15 is 0 Å². The first-order chi connectivity index (χ1) is 19.4. The lowest BCUT2D eigenvalue weighted by Gasteiger charge is -2.15. The zero-order valence-corrected chi connectivity index (χ0v) is 22.5. The van der Waals surface area contributed by atoms with Gasteiger partial charge in [0.05, 0.1) is 44.6 Å². The van der Waals surface area contributed by atoms with Gasteiger partial charge in [-0.15, -0.1) is 0 Å². The van der Waals surface area contributed by atoms with Crippen LogP contribution in [-0.4, -0.2) is 48.2 Å². The summed E-state index contributed by atoms with van der Waals surface area (Å²) in [5.74, 6) is 1.60. The molecule has 0 radical (unpaired) electrons. The molecule has 0 saturated heterocycles. The maximum Gasteiger partial charge on any atom is 0.281 e. The number of ether oxygens (including phenoxy) is 4. The maximum atomic E-state index is 13.3. The lowest BCUT2D eigenvalue weighted by atomic mass is 10.1. The molecule has 0 unspecified atom stereocenters. The molecule has 206 valence electrons. The Balaban J connectivity index is 1.52. The van der Waals surface area contributed by atoms with Crippen molar-refractivity contribution in [2.75, 3.05) is 26.1 Å². The number of halogens is 1. The molecule has 10 nitrogen and oxygen atoms in total. The Labute approximate surface area is 230 Å². The number of aromatic nitrogens is 3. The van der Waals surface area contributed by atoms with Crippen LogP contribution >= 0.6 is 0 Å². The third-order valence-electron chi connectivity index (χ3n) is 5.69. The van der Waals surface area contributed by atoms with E-state index in [1.807, 2.05) is 6.92 Å². The highest BCUT2D eigenvalue weighted by Crippen LogP contribution is 2.38. The average Bonchev–Trinajstić information content (AvgIpc) is 3.40. The van der Waals surface area contributed by atoms with E-state index in [1.165, 1.54) is 30.1 Å². The number of methoxy groups -OCH3 is 2.